The average molecular weight is 583 g/mol. The number of allylic oxidation sites excluding steroid dienone is 3. The van der Waals surface area contributed by atoms with E-state index in [1.807, 2.05) is 36.4 Å². The number of benzene rings is 2. The first-order valence-electron chi connectivity index (χ1n) is 13.8. The molecule has 0 radical (unpaired) electrons. The van der Waals surface area contributed by atoms with Crippen molar-refractivity contribution in [1.29, 1.82) is 0 Å². The van der Waals surface area contributed by atoms with Crippen LogP contribution in [0.15, 0.2) is 81.0 Å². The maximum absolute atomic E-state index is 13.2. The summed E-state index contributed by atoms with van der Waals surface area (Å²) in [6.45, 7) is 5.97. The molecule has 1 saturated heterocycles. The van der Waals surface area contributed by atoms with Crippen LogP contribution in [-0.2, 0) is 11.3 Å². The molecule has 4 rings (SSSR count). The van der Waals surface area contributed by atoms with Gasteiger partial charge in [0, 0.05) is 6.07 Å². The molecule has 10 heteroatoms. The van der Waals surface area contributed by atoms with Gasteiger partial charge in [-0.05, 0) is 57.4 Å². The Hall–Kier alpha value is -3.67. The Bertz CT molecular complexity index is 1440. The molecular formula is C32H38O10. The Morgan fingerprint density at radius 2 is 1.69 bits per heavy atom. The van der Waals surface area contributed by atoms with E-state index in [0.717, 1.165) is 18.4 Å². The fraction of sp³-hybridized carbons (Fsp3) is 0.406. The molecule has 2 aromatic carbocycles. The molecule has 0 amide bonds. The predicted molar refractivity (Wildman–Crippen MR) is 156 cm³/mol. The van der Waals surface area contributed by atoms with Crippen molar-refractivity contribution in [2.75, 3.05) is 13.2 Å². The highest BCUT2D eigenvalue weighted by Crippen LogP contribution is 2.37. The number of hydrogen-bond acceptors (Lipinski definition) is 10. The molecule has 0 unspecified atom stereocenters. The van der Waals surface area contributed by atoms with E-state index in [9.17, 15) is 25.2 Å². The van der Waals surface area contributed by atoms with Crippen LogP contribution >= 0.6 is 0 Å². The van der Waals surface area contributed by atoms with E-state index in [2.05, 4.69) is 26.8 Å². The van der Waals surface area contributed by atoms with Gasteiger partial charge in [-0.3, -0.25) is 0 Å². The van der Waals surface area contributed by atoms with Gasteiger partial charge < -0.3 is 43.8 Å². The molecule has 5 atom stereocenters. The summed E-state index contributed by atoms with van der Waals surface area (Å²) in [7, 11) is 0. The van der Waals surface area contributed by atoms with Gasteiger partial charge in [0.25, 0.3) is 5.75 Å². The first-order valence-corrected chi connectivity index (χ1v) is 13.8. The molecule has 0 bridgehead atoms. The van der Waals surface area contributed by atoms with Crippen molar-refractivity contribution in [1.82, 2.24) is 0 Å². The summed E-state index contributed by atoms with van der Waals surface area (Å²) < 4.78 is 28.6. The molecule has 1 aliphatic heterocycles. The predicted octanol–water partition coefficient (Wildman–Crippen LogP) is 3.62. The Kier molecular flexibility index (Phi) is 10.8. The highest BCUT2D eigenvalue weighted by atomic mass is 16.7. The van der Waals surface area contributed by atoms with Gasteiger partial charge in [0.1, 0.15) is 49.0 Å². The van der Waals surface area contributed by atoms with Gasteiger partial charge in [-0.1, -0.05) is 47.6 Å². The van der Waals surface area contributed by atoms with Gasteiger partial charge >= 0.3 is 5.63 Å². The molecule has 10 nitrogen and oxygen atoms in total. The van der Waals surface area contributed by atoms with Gasteiger partial charge in [0.15, 0.2) is 5.75 Å². The van der Waals surface area contributed by atoms with Gasteiger partial charge in [0.05, 0.1) is 12.0 Å². The average Bonchev–Trinajstić information content (AvgIpc) is 2.97. The lowest BCUT2D eigenvalue weighted by Gasteiger charge is -2.39. The minimum absolute atomic E-state index is 0.0311. The molecule has 0 aliphatic carbocycles. The molecule has 1 aliphatic rings. The van der Waals surface area contributed by atoms with E-state index >= 15 is 0 Å². The molecule has 42 heavy (non-hydrogen) atoms. The number of aliphatic hydroxyl groups is 4. The molecule has 0 saturated carbocycles. The molecule has 1 fully saturated rings. The molecule has 1 aromatic heterocycles. The number of rotatable bonds is 12. The van der Waals surface area contributed by atoms with Crippen molar-refractivity contribution in [3.63, 3.8) is 0 Å². The summed E-state index contributed by atoms with van der Waals surface area (Å²) >= 11 is 0. The third-order valence-corrected chi connectivity index (χ3v) is 6.87. The minimum Gasteiger partial charge on any atom is -0.489 e. The van der Waals surface area contributed by atoms with Crippen LogP contribution in [0.3, 0.4) is 0 Å². The molecular weight excluding hydrogens is 544 g/mol. The molecule has 226 valence electrons. The zero-order chi connectivity index (χ0) is 30.2. The lowest BCUT2D eigenvalue weighted by molar-refractivity contribution is -0.278. The van der Waals surface area contributed by atoms with Crippen molar-refractivity contribution in [2.45, 2.75) is 70.9 Å². The summed E-state index contributed by atoms with van der Waals surface area (Å²) in [5, 5.41) is 40.7. The largest absolute Gasteiger partial charge is 0.489 e. The van der Waals surface area contributed by atoms with Crippen LogP contribution in [-0.4, -0.2) is 64.3 Å². The van der Waals surface area contributed by atoms with Crippen molar-refractivity contribution < 1.29 is 43.8 Å². The Balaban J connectivity index is 1.61. The highest BCUT2D eigenvalue weighted by molar-refractivity contribution is 5.86. The smallest absolute Gasteiger partial charge is 0.383 e. The van der Waals surface area contributed by atoms with E-state index < -0.39 is 48.7 Å². The molecule has 4 N–H and O–H groups in total. The van der Waals surface area contributed by atoms with E-state index in [0.29, 0.717) is 17.7 Å². The standard InChI is InChI=1S/C32H38O10/c1-19(2)8-7-9-20(3)14-15-38-22-12-13-23-24(16-22)40-31(37)30(29(23)39-18-21-10-5-4-6-11-21)42-32-28(36)27(35)26(34)25(17-33)41-32/h4-6,8,10-14,16,25-28,32-36H,7,9,15,17-18H2,1-3H3/t25-,26-,27+,28-,32+/m1/s1. The van der Waals surface area contributed by atoms with Crippen molar-refractivity contribution in [2.24, 2.45) is 0 Å². The van der Waals surface area contributed by atoms with Crippen LogP contribution in [0, 0.1) is 0 Å². The number of fused-ring (bicyclic) bond motifs is 1. The fourth-order valence-corrected chi connectivity index (χ4v) is 4.45. The summed E-state index contributed by atoms with van der Waals surface area (Å²) in [6.07, 6.45) is -1.73. The Labute approximate surface area is 244 Å². The third-order valence-electron chi connectivity index (χ3n) is 6.87. The first kappa shape index (κ1) is 31.3. The van der Waals surface area contributed by atoms with Crippen molar-refractivity contribution in [3.8, 4) is 17.2 Å². The maximum atomic E-state index is 13.2. The quantitative estimate of drug-likeness (QED) is 0.184. The number of aliphatic hydroxyl groups excluding tert-OH is 4. The SMILES string of the molecule is CC(C)=CCCC(C)=CCOc1ccc2c(OCc3ccccc3)c(O[C@@H]3O[C@H](CO)[C@@H](O)[C@H](O)[C@H]3O)c(=O)oc2c1. The maximum Gasteiger partial charge on any atom is 0.383 e. The highest BCUT2D eigenvalue weighted by Gasteiger charge is 2.45. The van der Waals surface area contributed by atoms with Crippen molar-refractivity contribution in [3.05, 3.63) is 87.8 Å². The van der Waals surface area contributed by atoms with Crippen molar-refractivity contribution >= 4 is 11.0 Å². The zero-order valence-corrected chi connectivity index (χ0v) is 23.9. The van der Waals surface area contributed by atoms with Crippen LogP contribution in [0.25, 0.3) is 11.0 Å². The normalized spacial score (nSPS) is 22.5. The second-order valence-corrected chi connectivity index (χ2v) is 10.5. The molecule has 0 spiro atoms. The monoisotopic (exact) mass is 582 g/mol. The van der Waals surface area contributed by atoms with E-state index in [-0.39, 0.29) is 17.9 Å². The minimum atomic E-state index is -1.73. The van der Waals surface area contributed by atoms with Crippen LogP contribution in [0.4, 0.5) is 0 Å². The van der Waals surface area contributed by atoms with Crippen LogP contribution < -0.4 is 19.8 Å². The summed E-state index contributed by atoms with van der Waals surface area (Å²) in [5.41, 5.74) is 2.57. The van der Waals surface area contributed by atoms with Gasteiger partial charge in [-0.25, -0.2) is 4.79 Å². The lowest BCUT2D eigenvalue weighted by Crippen LogP contribution is -2.60. The second kappa shape index (κ2) is 14.5. The summed E-state index contributed by atoms with van der Waals surface area (Å²) in [4.78, 5) is 13.2. The third kappa shape index (κ3) is 7.78. The Morgan fingerprint density at radius 1 is 0.929 bits per heavy atom. The summed E-state index contributed by atoms with van der Waals surface area (Å²) in [5.74, 6) is 0.116. The van der Waals surface area contributed by atoms with Gasteiger partial charge in [0.2, 0.25) is 6.29 Å². The second-order valence-electron chi connectivity index (χ2n) is 10.5. The Morgan fingerprint density at radius 3 is 2.40 bits per heavy atom. The first-order chi connectivity index (χ1) is 20.2. The van der Waals surface area contributed by atoms with E-state index in [1.54, 1.807) is 18.2 Å². The van der Waals surface area contributed by atoms with Crippen LogP contribution in [0.2, 0.25) is 0 Å². The van der Waals surface area contributed by atoms with Gasteiger partial charge in [-0.15, -0.1) is 0 Å². The van der Waals surface area contributed by atoms with E-state index in [4.69, 9.17) is 23.4 Å². The fourth-order valence-electron chi connectivity index (χ4n) is 4.45. The number of hydrogen-bond donors (Lipinski definition) is 4. The topological polar surface area (TPSA) is 148 Å². The van der Waals surface area contributed by atoms with Gasteiger partial charge in [-0.2, -0.15) is 0 Å². The zero-order valence-electron chi connectivity index (χ0n) is 23.9. The molecule has 3 aromatic rings. The summed E-state index contributed by atoms with van der Waals surface area (Å²) in [6, 6.07) is 14.2. The van der Waals surface area contributed by atoms with Crippen LogP contribution in [0.5, 0.6) is 17.2 Å². The number of ether oxygens (including phenoxy) is 4. The lowest BCUT2D eigenvalue weighted by atomic mass is 9.99. The molecule has 2 heterocycles. The van der Waals surface area contributed by atoms with Crippen LogP contribution in [0.1, 0.15) is 39.2 Å². The van der Waals surface area contributed by atoms with E-state index in [1.165, 1.54) is 11.1 Å².